The van der Waals surface area contributed by atoms with Gasteiger partial charge in [-0.1, -0.05) is 148 Å². The Hall–Kier alpha value is -3.12. The summed E-state index contributed by atoms with van der Waals surface area (Å²) in [4.78, 5) is 0. The Morgan fingerprint density at radius 3 is 0.903 bits per heavy atom. The maximum absolute atomic E-state index is 2.27. The summed E-state index contributed by atoms with van der Waals surface area (Å²) in [6.45, 7) is 12.3. The van der Waals surface area contributed by atoms with Crippen LogP contribution < -0.4 is 0 Å². The van der Waals surface area contributed by atoms with E-state index in [9.17, 15) is 0 Å². The zero-order valence-corrected chi connectivity index (χ0v) is 19.9. The van der Waals surface area contributed by atoms with E-state index in [4.69, 9.17) is 0 Å². The van der Waals surface area contributed by atoms with Crippen molar-refractivity contribution in [2.24, 2.45) is 0 Å². The van der Waals surface area contributed by atoms with Crippen LogP contribution in [0.2, 0.25) is 0 Å². The highest BCUT2D eigenvalue weighted by Gasteiger charge is 2.37. The van der Waals surface area contributed by atoms with Gasteiger partial charge >= 0.3 is 0 Å². The van der Waals surface area contributed by atoms with E-state index in [0.29, 0.717) is 0 Å². The van der Waals surface area contributed by atoms with Crippen LogP contribution in [0.3, 0.4) is 0 Å². The van der Waals surface area contributed by atoms with Gasteiger partial charge in [-0.2, -0.15) is 0 Å². The van der Waals surface area contributed by atoms with Gasteiger partial charge in [0, 0.05) is 0 Å². The van der Waals surface area contributed by atoms with Crippen LogP contribution in [-0.2, 0) is 5.41 Å². The van der Waals surface area contributed by atoms with Gasteiger partial charge in [0.2, 0.25) is 0 Å². The van der Waals surface area contributed by atoms with Crippen molar-refractivity contribution in [2.45, 2.75) is 47.0 Å². The molecule has 0 nitrogen and oxygen atoms in total. The van der Waals surface area contributed by atoms with E-state index in [1.807, 2.05) is 27.7 Å². The van der Waals surface area contributed by atoms with Crippen LogP contribution in [-0.4, -0.2) is 0 Å². The average molecular weight is 409 g/mol. The molecule has 0 N–H and O–H groups in total. The molecule has 0 saturated carbocycles. The van der Waals surface area contributed by atoms with Crippen LogP contribution in [0.25, 0.3) is 0 Å². The molecule has 4 rings (SSSR count). The highest BCUT2D eigenvalue weighted by atomic mass is 14.4. The molecule has 4 aromatic rings. The lowest BCUT2D eigenvalue weighted by atomic mass is 9.65. The van der Waals surface area contributed by atoms with Gasteiger partial charge in [0.05, 0.1) is 5.41 Å². The highest BCUT2D eigenvalue weighted by Crippen LogP contribution is 2.45. The average Bonchev–Trinajstić information content (AvgIpc) is 2.86. The van der Waals surface area contributed by atoms with E-state index in [-0.39, 0.29) is 5.41 Å². The van der Waals surface area contributed by atoms with Crippen LogP contribution >= 0.6 is 0 Å². The number of rotatable bonds is 4. The quantitative estimate of drug-likeness (QED) is 0.296. The van der Waals surface area contributed by atoms with E-state index in [2.05, 4.69) is 123 Å². The monoisotopic (exact) mass is 408 g/mol. The summed E-state index contributed by atoms with van der Waals surface area (Å²) in [6, 6.07) is 39.6. The first-order chi connectivity index (χ1) is 15.2. The zero-order chi connectivity index (χ0) is 22.7. The minimum atomic E-state index is -0.343. The molecule has 0 atom stereocenters. The number of benzene rings is 4. The maximum atomic E-state index is 2.27. The number of hydrogen-bond acceptors (Lipinski definition) is 0. The lowest BCUT2D eigenvalue weighted by Gasteiger charge is -2.37. The maximum Gasteiger partial charge on any atom is 0.0701 e. The molecule has 4 aromatic carbocycles. The van der Waals surface area contributed by atoms with Gasteiger partial charge < -0.3 is 0 Å². The van der Waals surface area contributed by atoms with Gasteiger partial charge in [-0.15, -0.1) is 0 Å². The predicted octanol–water partition coefficient (Wildman–Crippen LogP) is 8.74. The van der Waals surface area contributed by atoms with Gasteiger partial charge in [-0.25, -0.2) is 0 Å². The van der Waals surface area contributed by atoms with Crippen molar-refractivity contribution in [3.8, 4) is 0 Å². The lowest BCUT2D eigenvalue weighted by molar-refractivity contribution is 0.744. The van der Waals surface area contributed by atoms with Crippen LogP contribution in [0, 0.1) is 13.8 Å². The van der Waals surface area contributed by atoms with Crippen molar-refractivity contribution in [1.29, 1.82) is 0 Å². The Bertz CT molecular complexity index is 908. The van der Waals surface area contributed by atoms with Gasteiger partial charge in [-0.05, 0) is 36.1 Å². The second kappa shape index (κ2) is 11.9. The summed E-state index contributed by atoms with van der Waals surface area (Å²) in [7, 11) is 0. The third-order valence-electron chi connectivity index (χ3n) is 5.38. The summed E-state index contributed by atoms with van der Waals surface area (Å²) in [5.41, 5.74) is 7.34. The second-order valence-electron chi connectivity index (χ2n) is 7.21. The molecular weight excluding hydrogens is 372 g/mol. The highest BCUT2D eigenvalue weighted by molar-refractivity contribution is 5.60. The van der Waals surface area contributed by atoms with Crippen LogP contribution in [0.1, 0.15) is 61.1 Å². The third kappa shape index (κ3) is 5.14. The van der Waals surface area contributed by atoms with E-state index in [1.54, 1.807) is 0 Å². The first-order valence-corrected chi connectivity index (χ1v) is 11.5. The molecule has 0 heterocycles. The number of aryl methyl sites for hydroxylation is 2. The van der Waals surface area contributed by atoms with E-state index < -0.39 is 0 Å². The van der Waals surface area contributed by atoms with Gasteiger partial charge in [0.15, 0.2) is 0 Å². The molecule has 0 unspecified atom stereocenters. The fraction of sp³-hybridized carbons (Fsp3) is 0.226. The SMILES string of the molecule is CC.CC.Cc1ccc(C(c2ccccc2)(c2ccccc2)c2ccc(C)cc2)cc1. The molecule has 0 aliphatic carbocycles. The van der Waals surface area contributed by atoms with Crippen molar-refractivity contribution in [2.75, 3.05) is 0 Å². The molecule has 0 spiro atoms. The topological polar surface area (TPSA) is 0 Å². The molecule has 31 heavy (non-hydrogen) atoms. The minimum Gasteiger partial charge on any atom is -0.0683 e. The Morgan fingerprint density at radius 1 is 0.355 bits per heavy atom. The van der Waals surface area contributed by atoms with Gasteiger partial charge in [-0.3, -0.25) is 0 Å². The first kappa shape index (κ1) is 24.2. The summed E-state index contributed by atoms with van der Waals surface area (Å²) in [6.07, 6.45) is 0. The molecule has 0 fully saturated rings. The summed E-state index contributed by atoms with van der Waals surface area (Å²) < 4.78 is 0. The van der Waals surface area contributed by atoms with Crippen molar-refractivity contribution < 1.29 is 0 Å². The zero-order valence-electron chi connectivity index (χ0n) is 19.9. The fourth-order valence-corrected chi connectivity index (χ4v) is 3.98. The van der Waals surface area contributed by atoms with Crippen molar-refractivity contribution in [3.63, 3.8) is 0 Å². The molecule has 0 bridgehead atoms. The lowest BCUT2D eigenvalue weighted by Crippen LogP contribution is -2.31. The molecule has 160 valence electrons. The normalized spacial score (nSPS) is 10.3. The Kier molecular flexibility index (Phi) is 9.28. The molecule has 0 amide bonds. The summed E-state index contributed by atoms with van der Waals surface area (Å²) >= 11 is 0. The number of hydrogen-bond donors (Lipinski definition) is 0. The molecule has 0 aromatic heterocycles. The molecule has 0 saturated heterocycles. The standard InChI is InChI=1S/C27H24.2C2H6/c1-21-13-17-25(18-14-21)27(23-9-5-3-6-10-23,24-11-7-4-8-12-24)26-19-15-22(2)16-20-26;2*1-2/h3-20H,1-2H3;2*1-2H3. The van der Waals surface area contributed by atoms with Crippen molar-refractivity contribution >= 4 is 0 Å². The van der Waals surface area contributed by atoms with E-state index in [0.717, 1.165) is 0 Å². The third-order valence-corrected chi connectivity index (χ3v) is 5.38. The smallest absolute Gasteiger partial charge is 0.0683 e. The summed E-state index contributed by atoms with van der Waals surface area (Å²) in [5, 5.41) is 0. The fourth-order valence-electron chi connectivity index (χ4n) is 3.98. The largest absolute Gasteiger partial charge is 0.0701 e. The minimum absolute atomic E-state index is 0.343. The molecular formula is C31H36. The molecule has 0 aliphatic heterocycles. The van der Waals surface area contributed by atoms with Gasteiger partial charge in [0.25, 0.3) is 0 Å². The van der Waals surface area contributed by atoms with E-state index >= 15 is 0 Å². The van der Waals surface area contributed by atoms with Crippen LogP contribution in [0.4, 0.5) is 0 Å². The second-order valence-corrected chi connectivity index (χ2v) is 7.21. The van der Waals surface area contributed by atoms with E-state index in [1.165, 1.54) is 33.4 Å². The van der Waals surface area contributed by atoms with Crippen LogP contribution in [0.15, 0.2) is 109 Å². The predicted molar refractivity (Wildman–Crippen MR) is 137 cm³/mol. The van der Waals surface area contributed by atoms with Crippen molar-refractivity contribution in [3.05, 3.63) is 143 Å². The van der Waals surface area contributed by atoms with Crippen molar-refractivity contribution in [1.82, 2.24) is 0 Å². The first-order valence-electron chi connectivity index (χ1n) is 11.5. The molecule has 0 radical (unpaired) electrons. The van der Waals surface area contributed by atoms with Crippen LogP contribution in [0.5, 0.6) is 0 Å². The Morgan fingerprint density at radius 2 is 0.613 bits per heavy atom. The molecule has 0 aliphatic rings. The summed E-state index contributed by atoms with van der Waals surface area (Å²) in [5.74, 6) is 0. The Labute approximate surface area is 189 Å². The molecule has 0 heteroatoms. The van der Waals surface area contributed by atoms with Gasteiger partial charge in [0.1, 0.15) is 0 Å². The Balaban J connectivity index is 0.000000807.